The predicted octanol–water partition coefficient (Wildman–Crippen LogP) is 6.94. The lowest BCUT2D eigenvalue weighted by Crippen LogP contribution is -2.08. The monoisotopic (exact) mass is 366 g/mol. The molecule has 0 aliphatic carbocycles. The van der Waals surface area contributed by atoms with Crippen molar-refractivity contribution in [2.45, 2.75) is 85.5 Å². The van der Waals surface area contributed by atoms with Crippen LogP contribution in [0.2, 0.25) is 0 Å². The van der Waals surface area contributed by atoms with Gasteiger partial charge in [-0.3, -0.25) is 0 Å². The summed E-state index contributed by atoms with van der Waals surface area (Å²) in [5.74, 6) is 1.78. The van der Waals surface area contributed by atoms with Gasteiger partial charge < -0.3 is 11.5 Å². The normalized spacial score (nSPS) is 12.0. The van der Waals surface area contributed by atoms with Gasteiger partial charge in [0.1, 0.15) is 0 Å². The molecule has 2 rings (SSSR count). The highest BCUT2D eigenvalue weighted by atomic mass is 14.6. The first kappa shape index (κ1) is 21.3. The van der Waals surface area contributed by atoms with Crippen molar-refractivity contribution in [3.8, 4) is 0 Å². The van der Waals surface area contributed by atoms with Crippen molar-refractivity contribution >= 4 is 11.4 Å². The van der Waals surface area contributed by atoms with Gasteiger partial charge in [0.25, 0.3) is 0 Å². The van der Waals surface area contributed by atoms with Crippen LogP contribution in [-0.4, -0.2) is 0 Å². The number of hydrogen-bond donors (Lipinski definition) is 2. The molecule has 0 saturated carbocycles. The number of nitrogens with two attached hydrogens (primary N) is 2. The van der Waals surface area contributed by atoms with Crippen LogP contribution in [0.5, 0.6) is 0 Å². The molecule has 4 N–H and O–H groups in total. The molecule has 2 heteroatoms. The minimum atomic E-state index is 0.410. The molecule has 0 spiro atoms. The molecule has 27 heavy (non-hydrogen) atoms. The lowest BCUT2D eigenvalue weighted by molar-refractivity contribution is 0.826. The summed E-state index contributed by atoms with van der Waals surface area (Å²) in [7, 11) is 0. The van der Waals surface area contributed by atoms with E-state index >= 15 is 0 Å². The van der Waals surface area contributed by atoms with Gasteiger partial charge in [0.05, 0.1) is 0 Å². The Balaban J connectivity index is 2.62. The van der Waals surface area contributed by atoms with Gasteiger partial charge in [0.15, 0.2) is 0 Å². The SMILES string of the molecule is CC(C)c1cc(Cc2cc(C(C)C)cc(C(C)C)c2N)c(N)c(C(C)C)c1. The third-order valence-corrected chi connectivity index (χ3v) is 5.60. The van der Waals surface area contributed by atoms with E-state index in [-0.39, 0.29) is 0 Å². The quantitative estimate of drug-likeness (QED) is 0.544. The minimum absolute atomic E-state index is 0.410. The molecule has 0 aromatic heterocycles. The average Bonchev–Trinajstić information content (AvgIpc) is 2.57. The molecule has 148 valence electrons. The molecule has 0 saturated heterocycles. The van der Waals surface area contributed by atoms with Crippen molar-refractivity contribution in [3.05, 3.63) is 57.6 Å². The van der Waals surface area contributed by atoms with Crippen molar-refractivity contribution < 1.29 is 0 Å². The summed E-state index contributed by atoms with van der Waals surface area (Å²) < 4.78 is 0. The third-order valence-electron chi connectivity index (χ3n) is 5.60. The highest BCUT2D eigenvalue weighted by Crippen LogP contribution is 2.35. The molecule has 0 bridgehead atoms. The minimum Gasteiger partial charge on any atom is -0.398 e. The fourth-order valence-electron chi connectivity index (χ4n) is 3.65. The van der Waals surface area contributed by atoms with Gasteiger partial charge in [-0.25, -0.2) is 0 Å². The standard InChI is InChI=1S/C25H38N2/c1-14(2)18-9-20(24(26)22(12-18)16(5)6)11-21-10-19(15(3)4)13-23(17(7)8)25(21)27/h9-10,12-17H,11,26-27H2,1-8H3. The van der Waals surface area contributed by atoms with Crippen LogP contribution in [0.3, 0.4) is 0 Å². The van der Waals surface area contributed by atoms with Crippen molar-refractivity contribution in [3.63, 3.8) is 0 Å². The van der Waals surface area contributed by atoms with Gasteiger partial charge in [0.2, 0.25) is 0 Å². The summed E-state index contributed by atoms with van der Waals surface area (Å²) in [4.78, 5) is 0. The molecule has 0 radical (unpaired) electrons. The number of hydrogen-bond acceptors (Lipinski definition) is 2. The zero-order valence-corrected chi connectivity index (χ0v) is 18.5. The van der Waals surface area contributed by atoms with Crippen LogP contribution in [0.15, 0.2) is 24.3 Å². The average molecular weight is 367 g/mol. The van der Waals surface area contributed by atoms with E-state index in [0.29, 0.717) is 23.7 Å². The lowest BCUT2D eigenvalue weighted by Gasteiger charge is -2.21. The summed E-state index contributed by atoms with van der Waals surface area (Å²) in [6.07, 6.45) is 0.790. The smallest absolute Gasteiger partial charge is 0.0385 e. The third kappa shape index (κ3) is 4.66. The first-order valence-electron chi connectivity index (χ1n) is 10.4. The predicted molar refractivity (Wildman–Crippen MR) is 121 cm³/mol. The van der Waals surface area contributed by atoms with E-state index in [9.17, 15) is 0 Å². The van der Waals surface area contributed by atoms with E-state index in [1.807, 2.05) is 0 Å². The van der Waals surface area contributed by atoms with Gasteiger partial charge >= 0.3 is 0 Å². The first-order chi connectivity index (χ1) is 12.5. The van der Waals surface area contributed by atoms with Crippen LogP contribution < -0.4 is 11.5 Å². The Labute approximate surface area is 166 Å². The molecule has 0 amide bonds. The highest BCUT2D eigenvalue weighted by Gasteiger charge is 2.17. The second-order valence-corrected chi connectivity index (χ2v) is 9.16. The Bertz CT molecular complexity index is 731. The Kier molecular flexibility index (Phi) is 6.62. The number of nitrogen functional groups attached to an aromatic ring is 2. The van der Waals surface area contributed by atoms with Crippen LogP contribution >= 0.6 is 0 Å². The maximum atomic E-state index is 6.61. The lowest BCUT2D eigenvalue weighted by atomic mass is 9.86. The molecule has 2 aromatic rings. The fraction of sp³-hybridized carbons (Fsp3) is 0.520. The molecular formula is C25H38N2. The van der Waals surface area contributed by atoms with Crippen LogP contribution in [0.4, 0.5) is 11.4 Å². The van der Waals surface area contributed by atoms with Crippen LogP contribution in [0, 0.1) is 0 Å². The Morgan fingerprint density at radius 3 is 1.15 bits per heavy atom. The molecule has 0 unspecified atom stereocenters. The Morgan fingerprint density at radius 1 is 0.556 bits per heavy atom. The summed E-state index contributed by atoms with van der Waals surface area (Å²) in [6, 6.07) is 9.12. The zero-order valence-electron chi connectivity index (χ0n) is 18.5. The Morgan fingerprint density at radius 2 is 0.889 bits per heavy atom. The molecule has 0 heterocycles. The highest BCUT2D eigenvalue weighted by molar-refractivity contribution is 5.63. The van der Waals surface area contributed by atoms with Gasteiger partial charge in [-0.05, 0) is 57.1 Å². The molecule has 0 aliphatic heterocycles. The van der Waals surface area contributed by atoms with Gasteiger partial charge in [-0.1, -0.05) is 79.7 Å². The number of rotatable bonds is 6. The second kappa shape index (κ2) is 8.37. The number of benzene rings is 2. The molecule has 2 aromatic carbocycles. The van der Waals surface area contributed by atoms with E-state index in [1.165, 1.54) is 33.4 Å². The summed E-state index contributed by atoms with van der Waals surface area (Å²) in [5.41, 5.74) is 22.7. The largest absolute Gasteiger partial charge is 0.398 e. The molecule has 0 fully saturated rings. The molecule has 0 atom stereocenters. The van der Waals surface area contributed by atoms with Crippen LogP contribution in [0.25, 0.3) is 0 Å². The van der Waals surface area contributed by atoms with E-state index in [2.05, 4.69) is 79.7 Å². The topological polar surface area (TPSA) is 52.0 Å². The second-order valence-electron chi connectivity index (χ2n) is 9.16. The summed E-state index contributed by atoms with van der Waals surface area (Å²) in [6.45, 7) is 17.8. The maximum absolute atomic E-state index is 6.61. The van der Waals surface area contributed by atoms with Crippen molar-refractivity contribution in [1.82, 2.24) is 0 Å². The van der Waals surface area contributed by atoms with E-state index in [0.717, 1.165) is 17.8 Å². The molecule has 2 nitrogen and oxygen atoms in total. The van der Waals surface area contributed by atoms with Crippen molar-refractivity contribution in [2.24, 2.45) is 0 Å². The number of anilines is 2. The fourth-order valence-corrected chi connectivity index (χ4v) is 3.65. The van der Waals surface area contributed by atoms with E-state index in [4.69, 9.17) is 11.5 Å². The van der Waals surface area contributed by atoms with Crippen molar-refractivity contribution in [1.29, 1.82) is 0 Å². The van der Waals surface area contributed by atoms with Crippen molar-refractivity contribution in [2.75, 3.05) is 11.5 Å². The zero-order chi connectivity index (χ0) is 20.5. The molecular weight excluding hydrogens is 328 g/mol. The summed E-state index contributed by atoms with van der Waals surface area (Å²) >= 11 is 0. The summed E-state index contributed by atoms with van der Waals surface area (Å²) in [5, 5.41) is 0. The molecule has 0 aliphatic rings. The maximum Gasteiger partial charge on any atom is 0.0385 e. The van der Waals surface area contributed by atoms with Gasteiger partial charge in [-0.15, -0.1) is 0 Å². The first-order valence-corrected chi connectivity index (χ1v) is 10.4. The van der Waals surface area contributed by atoms with Crippen LogP contribution in [-0.2, 0) is 6.42 Å². The van der Waals surface area contributed by atoms with Gasteiger partial charge in [0, 0.05) is 17.8 Å². The van der Waals surface area contributed by atoms with Crippen LogP contribution in [0.1, 0.15) is 112 Å². The Hall–Kier alpha value is -1.96. The van der Waals surface area contributed by atoms with E-state index < -0.39 is 0 Å². The van der Waals surface area contributed by atoms with E-state index in [1.54, 1.807) is 0 Å². The van der Waals surface area contributed by atoms with Gasteiger partial charge in [-0.2, -0.15) is 0 Å².